The molecule has 9 heteroatoms. The summed E-state index contributed by atoms with van der Waals surface area (Å²) in [5.41, 5.74) is 4.08. The summed E-state index contributed by atoms with van der Waals surface area (Å²) in [6.45, 7) is 6.07. The number of nitrogens with zero attached hydrogens (tertiary/aromatic N) is 5. The summed E-state index contributed by atoms with van der Waals surface area (Å²) in [6.07, 6.45) is 1.56. The van der Waals surface area contributed by atoms with Crippen molar-refractivity contribution in [3.63, 3.8) is 0 Å². The van der Waals surface area contributed by atoms with Crippen molar-refractivity contribution in [3.8, 4) is 5.75 Å². The van der Waals surface area contributed by atoms with Crippen LogP contribution in [0.25, 0.3) is 11.2 Å². The molecule has 3 rings (SSSR count). The lowest BCUT2D eigenvalue weighted by molar-refractivity contribution is 0.475. The van der Waals surface area contributed by atoms with Gasteiger partial charge in [0.15, 0.2) is 11.2 Å². The molecular formula is C18H20N6O3. The van der Waals surface area contributed by atoms with E-state index in [0.717, 1.165) is 15.7 Å². The van der Waals surface area contributed by atoms with Crippen LogP contribution >= 0.6 is 0 Å². The van der Waals surface area contributed by atoms with Crippen molar-refractivity contribution in [1.82, 2.24) is 18.7 Å². The summed E-state index contributed by atoms with van der Waals surface area (Å²) in [6, 6.07) is 6.52. The fourth-order valence-corrected chi connectivity index (χ4v) is 2.68. The van der Waals surface area contributed by atoms with Crippen molar-refractivity contribution in [1.29, 1.82) is 0 Å². The zero-order chi connectivity index (χ0) is 19.7. The number of hydrazone groups is 1. The van der Waals surface area contributed by atoms with E-state index < -0.39 is 11.2 Å². The van der Waals surface area contributed by atoms with E-state index in [1.165, 1.54) is 11.6 Å². The maximum Gasteiger partial charge on any atom is 0.332 e. The molecule has 27 heavy (non-hydrogen) atoms. The second-order valence-electron chi connectivity index (χ2n) is 6.32. The molecule has 0 radical (unpaired) electrons. The van der Waals surface area contributed by atoms with Crippen molar-refractivity contribution in [2.24, 2.45) is 19.2 Å². The predicted octanol–water partition coefficient (Wildman–Crippen LogP) is 1.16. The Kier molecular flexibility index (Phi) is 4.68. The van der Waals surface area contributed by atoms with E-state index in [4.69, 9.17) is 0 Å². The number of benzene rings is 1. The van der Waals surface area contributed by atoms with Crippen molar-refractivity contribution >= 4 is 23.3 Å². The Labute approximate surface area is 154 Å². The van der Waals surface area contributed by atoms with Gasteiger partial charge < -0.3 is 5.11 Å². The molecule has 0 saturated carbocycles. The zero-order valence-electron chi connectivity index (χ0n) is 15.3. The van der Waals surface area contributed by atoms with E-state index in [9.17, 15) is 14.7 Å². The molecule has 0 atom stereocenters. The molecular weight excluding hydrogens is 348 g/mol. The van der Waals surface area contributed by atoms with Crippen molar-refractivity contribution in [3.05, 3.63) is 62.8 Å². The van der Waals surface area contributed by atoms with Crippen LogP contribution < -0.4 is 16.7 Å². The molecule has 0 unspecified atom stereocenters. The van der Waals surface area contributed by atoms with E-state index in [1.54, 1.807) is 42.1 Å². The lowest BCUT2D eigenvalue weighted by Gasteiger charge is -2.08. The Morgan fingerprint density at radius 2 is 1.93 bits per heavy atom. The molecule has 2 N–H and O–H groups in total. The van der Waals surface area contributed by atoms with Crippen LogP contribution in [0.5, 0.6) is 5.75 Å². The fourth-order valence-electron chi connectivity index (χ4n) is 2.68. The van der Waals surface area contributed by atoms with Crippen molar-refractivity contribution in [2.75, 3.05) is 5.43 Å². The molecule has 0 aliphatic heterocycles. The summed E-state index contributed by atoms with van der Waals surface area (Å²) in [5.74, 6) is 0.487. The highest BCUT2D eigenvalue weighted by atomic mass is 16.3. The minimum absolute atomic E-state index is 0.167. The first-order valence-electron chi connectivity index (χ1n) is 8.18. The number of hydrogen-bond acceptors (Lipinski definition) is 6. The lowest BCUT2D eigenvalue weighted by atomic mass is 10.2. The van der Waals surface area contributed by atoms with Gasteiger partial charge in [-0.3, -0.25) is 18.5 Å². The highest BCUT2D eigenvalue weighted by molar-refractivity contribution is 5.80. The predicted molar refractivity (Wildman–Crippen MR) is 104 cm³/mol. The fraction of sp³-hybridized carbons (Fsp3) is 0.222. The Balaban J connectivity index is 2.09. The summed E-state index contributed by atoms with van der Waals surface area (Å²) in [7, 11) is 2.99. The van der Waals surface area contributed by atoms with Crippen LogP contribution in [0.15, 0.2) is 51.1 Å². The monoisotopic (exact) mass is 368 g/mol. The maximum absolute atomic E-state index is 12.6. The standard InChI is InChI=1S/C18H20N6O3/c1-11(2)10-24-14-15(22(3)18(27)23(4)16(14)26)20-17(24)21-19-9-12-5-7-13(25)8-6-12/h5-9,25H,1,10H2,2-4H3,(H,20,21). The quantitative estimate of drug-likeness (QED) is 0.399. The average Bonchev–Trinajstić information content (AvgIpc) is 2.98. The number of aryl methyl sites for hydroxylation is 1. The first-order chi connectivity index (χ1) is 12.8. The number of phenols is 1. The molecule has 9 nitrogen and oxygen atoms in total. The molecule has 1 aromatic carbocycles. The molecule has 0 saturated heterocycles. The van der Waals surface area contributed by atoms with Crippen LogP contribution in [0, 0.1) is 0 Å². The van der Waals surface area contributed by atoms with Gasteiger partial charge >= 0.3 is 5.69 Å². The Morgan fingerprint density at radius 1 is 1.26 bits per heavy atom. The largest absolute Gasteiger partial charge is 0.508 e. The van der Waals surface area contributed by atoms with Gasteiger partial charge in [0.2, 0.25) is 5.95 Å². The van der Waals surface area contributed by atoms with Gasteiger partial charge in [0.05, 0.1) is 6.21 Å². The van der Waals surface area contributed by atoms with Gasteiger partial charge in [0.1, 0.15) is 5.75 Å². The maximum atomic E-state index is 12.6. The van der Waals surface area contributed by atoms with Gasteiger partial charge in [-0.15, -0.1) is 0 Å². The van der Waals surface area contributed by atoms with Crippen molar-refractivity contribution in [2.45, 2.75) is 13.5 Å². The van der Waals surface area contributed by atoms with Crippen LogP contribution in [0.4, 0.5) is 5.95 Å². The SMILES string of the molecule is C=C(C)Cn1c(NN=Cc2ccc(O)cc2)nc2c1c(=O)n(C)c(=O)n2C. The Hall–Kier alpha value is -3.62. The van der Waals surface area contributed by atoms with E-state index in [0.29, 0.717) is 18.0 Å². The second-order valence-corrected chi connectivity index (χ2v) is 6.32. The highest BCUT2D eigenvalue weighted by Crippen LogP contribution is 2.17. The number of aromatic hydroxyl groups is 1. The summed E-state index contributed by atoms with van der Waals surface area (Å²) in [5, 5.41) is 13.5. The van der Waals surface area contributed by atoms with Crippen molar-refractivity contribution < 1.29 is 5.11 Å². The number of imidazole rings is 1. The molecule has 0 bridgehead atoms. The number of nitrogens with one attached hydrogen (secondary N) is 1. The molecule has 0 aliphatic rings. The third kappa shape index (κ3) is 3.39. The van der Waals surface area contributed by atoms with Gasteiger partial charge in [-0.1, -0.05) is 12.2 Å². The number of rotatable bonds is 5. The first kappa shape index (κ1) is 18.2. The average molecular weight is 368 g/mol. The number of phenolic OH excluding ortho intramolecular Hbond substituents is 1. The lowest BCUT2D eigenvalue weighted by Crippen LogP contribution is -2.37. The molecule has 0 fully saturated rings. The van der Waals surface area contributed by atoms with E-state index in [2.05, 4.69) is 22.1 Å². The van der Waals surface area contributed by atoms with E-state index in [-0.39, 0.29) is 11.4 Å². The molecule has 2 heterocycles. The summed E-state index contributed by atoms with van der Waals surface area (Å²) in [4.78, 5) is 29.2. The van der Waals surface area contributed by atoms with Crippen LogP contribution in [0.2, 0.25) is 0 Å². The minimum atomic E-state index is -0.452. The topological polar surface area (TPSA) is 106 Å². The molecule has 0 amide bonds. The number of aromatic nitrogens is 4. The Morgan fingerprint density at radius 3 is 2.56 bits per heavy atom. The number of fused-ring (bicyclic) bond motifs is 1. The number of anilines is 1. The van der Waals surface area contributed by atoms with Crippen LogP contribution in [-0.2, 0) is 20.6 Å². The normalized spacial score (nSPS) is 11.4. The van der Waals surface area contributed by atoms with Gasteiger partial charge in [-0.05, 0) is 36.8 Å². The first-order valence-corrected chi connectivity index (χ1v) is 8.18. The molecule has 140 valence electrons. The van der Waals surface area contributed by atoms with Gasteiger partial charge in [-0.2, -0.15) is 10.1 Å². The van der Waals surface area contributed by atoms with E-state index >= 15 is 0 Å². The molecule has 2 aromatic heterocycles. The van der Waals surface area contributed by atoms with Gasteiger partial charge in [-0.25, -0.2) is 10.2 Å². The summed E-state index contributed by atoms with van der Waals surface area (Å²) < 4.78 is 4.01. The molecule has 0 spiro atoms. The van der Waals surface area contributed by atoms with E-state index in [1.807, 2.05) is 6.92 Å². The highest BCUT2D eigenvalue weighted by Gasteiger charge is 2.18. The van der Waals surface area contributed by atoms with Gasteiger partial charge in [0, 0.05) is 20.6 Å². The minimum Gasteiger partial charge on any atom is -0.508 e. The third-order valence-corrected chi connectivity index (χ3v) is 4.05. The number of allylic oxidation sites excluding steroid dienone is 1. The summed E-state index contributed by atoms with van der Waals surface area (Å²) >= 11 is 0. The molecule has 3 aromatic rings. The number of hydrogen-bond donors (Lipinski definition) is 2. The third-order valence-electron chi connectivity index (χ3n) is 4.05. The van der Waals surface area contributed by atoms with Gasteiger partial charge in [0.25, 0.3) is 5.56 Å². The zero-order valence-corrected chi connectivity index (χ0v) is 15.3. The van der Waals surface area contributed by atoms with Crippen LogP contribution in [-0.4, -0.2) is 30.0 Å². The molecule has 0 aliphatic carbocycles. The van der Waals surface area contributed by atoms with Crippen LogP contribution in [0.3, 0.4) is 0 Å². The second kappa shape index (κ2) is 6.94. The Bertz CT molecular complexity index is 1170. The van der Waals surface area contributed by atoms with Crippen LogP contribution in [0.1, 0.15) is 12.5 Å². The smallest absolute Gasteiger partial charge is 0.332 e.